The van der Waals surface area contributed by atoms with Crippen LogP contribution in [0, 0.1) is 13.8 Å². The van der Waals surface area contributed by atoms with Gasteiger partial charge in [-0.1, -0.05) is 23.2 Å². The summed E-state index contributed by atoms with van der Waals surface area (Å²) in [5.74, 6) is 0. The third-order valence-electron chi connectivity index (χ3n) is 6.18. The molecule has 1 atom stereocenters. The Labute approximate surface area is 209 Å². The minimum atomic E-state index is -4.77. The maximum absolute atomic E-state index is 14.1. The van der Waals surface area contributed by atoms with Crippen LogP contribution in [0.25, 0.3) is 0 Å². The molecule has 0 radical (unpaired) electrons. The fourth-order valence-corrected chi connectivity index (χ4v) is 6.93. The number of hydrogen-bond donors (Lipinski definition) is 0. The molecule has 1 fully saturated rings. The van der Waals surface area contributed by atoms with Gasteiger partial charge in [0.15, 0.2) is 0 Å². The molecular weight excluding hydrogens is 509 g/mol. The first kappa shape index (κ1) is 27.1. The van der Waals surface area contributed by atoms with E-state index in [9.17, 15) is 17.2 Å². The number of rotatable bonds is 10. The summed E-state index contributed by atoms with van der Waals surface area (Å²) in [5.41, 5.74) is 0.928. The normalized spacial score (nSPS) is 17.1. The van der Waals surface area contributed by atoms with E-state index in [0.29, 0.717) is 37.7 Å². The minimum Gasteiger partial charge on any atom is -0.380 e. The van der Waals surface area contributed by atoms with Crippen LogP contribution in [0.3, 0.4) is 0 Å². The average Bonchev–Trinajstić information content (AvgIpc) is 3.24. The van der Waals surface area contributed by atoms with Gasteiger partial charge in [-0.2, -0.15) is 13.9 Å². The molecule has 0 amide bonds. The quantitative estimate of drug-likeness (QED) is 0.321. The van der Waals surface area contributed by atoms with Gasteiger partial charge in [-0.25, -0.2) is 12.7 Å². The second-order valence-corrected chi connectivity index (χ2v) is 11.1. The van der Waals surface area contributed by atoms with Crippen molar-refractivity contribution in [3.8, 4) is 0 Å². The van der Waals surface area contributed by atoms with Crippen LogP contribution in [0.2, 0.25) is 10.0 Å². The number of anilines is 1. The van der Waals surface area contributed by atoms with Gasteiger partial charge in [-0.15, -0.1) is 0 Å². The van der Waals surface area contributed by atoms with Crippen LogP contribution in [-0.2, 0) is 28.2 Å². The van der Waals surface area contributed by atoms with E-state index in [1.807, 2.05) is 0 Å². The standard InChI is InChI=1S/C22H30Cl2F2N4O3S/c1-14-20(15(2)29(4)27-14)30(22(25)26)34(31,32)21-18(23)11-16(12-19(21)24)7-6-10-33-13-17-8-5-9-28(17)3/h11-12,17,22H,5-10,13H2,1-4H3/t17-/m0/s1. The topological polar surface area (TPSA) is 67.7 Å². The van der Waals surface area contributed by atoms with E-state index in [2.05, 4.69) is 17.0 Å². The predicted molar refractivity (Wildman–Crippen MR) is 130 cm³/mol. The fourth-order valence-electron chi connectivity index (χ4n) is 4.29. The lowest BCUT2D eigenvalue weighted by Crippen LogP contribution is -2.36. The van der Waals surface area contributed by atoms with E-state index >= 15 is 0 Å². The molecule has 0 aliphatic carbocycles. The molecule has 0 bridgehead atoms. The van der Waals surface area contributed by atoms with Crippen LogP contribution in [0.1, 0.15) is 36.2 Å². The molecular formula is C22H30Cl2F2N4O3S. The summed E-state index contributed by atoms with van der Waals surface area (Å²) >= 11 is 12.6. The summed E-state index contributed by atoms with van der Waals surface area (Å²) in [5, 5.41) is 3.64. The van der Waals surface area contributed by atoms with E-state index in [1.54, 1.807) is 7.05 Å². The first-order chi connectivity index (χ1) is 15.9. The van der Waals surface area contributed by atoms with Gasteiger partial charge in [-0.05, 0) is 70.8 Å². The van der Waals surface area contributed by atoms with Crippen LogP contribution < -0.4 is 4.31 Å². The number of nitrogens with zero attached hydrogens (tertiary/aromatic N) is 4. The van der Waals surface area contributed by atoms with Crippen LogP contribution >= 0.6 is 23.2 Å². The van der Waals surface area contributed by atoms with E-state index in [4.69, 9.17) is 27.9 Å². The summed E-state index contributed by atoms with van der Waals surface area (Å²) in [6.45, 7) is 1.92. The first-order valence-electron chi connectivity index (χ1n) is 11.0. The van der Waals surface area contributed by atoms with E-state index < -0.39 is 21.5 Å². The summed E-state index contributed by atoms with van der Waals surface area (Å²) in [4.78, 5) is 1.73. The lowest BCUT2D eigenvalue weighted by Gasteiger charge is -2.25. The molecule has 1 aliphatic rings. The number of hydrogen-bond acceptors (Lipinski definition) is 5. The first-order valence-corrected chi connectivity index (χ1v) is 13.2. The van der Waals surface area contributed by atoms with E-state index in [-0.39, 0.29) is 31.4 Å². The van der Waals surface area contributed by atoms with Gasteiger partial charge in [0.25, 0.3) is 10.0 Å². The molecule has 0 spiro atoms. The number of aryl methyl sites for hydroxylation is 3. The molecule has 12 heteroatoms. The second kappa shape index (κ2) is 11.1. The summed E-state index contributed by atoms with van der Waals surface area (Å²) < 4.78 is 61.9. The Hall–Kier alpha value is -1.46. The molecule has 0 N–H and O–H groups in total. The number of halogens is 4. The third kappa shape index (κ3) is 5.67. The van der Waals surface area contributed by atoms with Crippen molar-refractivity contribution in [2.24, 2.45) is 7.05 Å². The van der Waals surface area contributed by atoms with Crippen molar-refractivity contribution in [3.05, 3.63) is 39.1 Å². The summed E-state index contributed by atoms with van der Waals surface area (Å²) in [6.07, 6.45) is 3.55. The number of aromatic nitrogens is 2. The summed E-state index contributed by atoms with van der Waals surface area (Å²) in [6, 6.07) is 3.35. The van der Waals surface area contributed by atoms with Crippen molar-refractivity contribution < 1.29 is 21.9 Å². The third-order valence-corrected chi connectivity index (χ3v) is 8.82. The van der Waals surface area contributed by atoms with Crippen LogP contribution in [0.15, 0.2) is 17.0 Å². The van der Waals surface area contributed by atoms with Crippen LogP contribution in [0.4, 0.5) is 14.5 Å². The van der Waals surface area contributed by atoms with Gasteiger partial charge >= 0.3 is 6.55 Å². The van der Waals surface area contributed by atoms with Crippen molar-refractivity contribution in [3.63, 3.8) is 0 Å². The number of ether oxygens (including phenoxy) is 1. The van der Waals surface area contributed by atoms with Crippen molar-refractivity contribution >= 4 is 38.9 Å². The van der Waals surface area contributed by atoms with Gasteiger partial charge in [0.1, 0.15) is 10.6 Å². The molecule has 7 nitrogen and oxygen atoms in total. The van der Waals surface area contributed by atoms with Crippen molar-refractivity contribution in [1.82, 2.24) is 14.7 Å². The van der Waals surface area contributed by atoms with Gasteiger partial charge in [0.05, 0.1) is 28.0 Å². The van der Waals surface area contributed by atoms with Crippen LogP contribution in [-0.4, -0.2) is 62.5 Å². The lowest BCUT2D eigenvalue weighted by molar-refractivity contribution is 0.0844. The Balaban J connectivity index is 1.76. The number of sulfonamides is 1. The molecule has 1 aromatic carbocycles. The molecule has 2 heterocycles. The number of likely N-dealkylation sites (tertiary alicyclic amines) is 1. The van der Waals surface area contributed by atoms with E-state index in [1.165, 1.54) is 37.1 Å². The Morgan fingerprint density at radius 3 is 2.38 bits per heavy atom. The Morgan fingerprint density at radius 1 is 1.24 bits per heavy atom. The minimum absolute atomic E-state index is 0.0330. The molecule has 190 valence electrons. The van der Waals surface area contributed by atoms with E-state index in [0.717, 1.165) is 13.0 Å². The number of benzene rings is 1. The fraction of sp³-hybridized carbons (Fsp3) is 0.591. The number of alkyl halides is 2. The molecule has 0 unspecified atom stereocenters. The predicted octanol–water partition coefficient (Wildman–Crippen LogP) is 4.81. The van der Waals surface area contributed by atoms with Crippen molar-refractivity contribution in [2.45, 2.75) is 57.0 Å². The van der Waals surface area contributed by atoms with Gasteiger partial charge in [0.2, 0.25) is 0 Å². The molecule has 2 aromatic rings. The molecule has 1 aliphatic heterocycles. The van der Waals surface area contributed by atoms with Crippen molar-refractivity contribution in [1.29, 1.82) is 0 Å². The molecule has 34 heavy (non-hydrogen) atoms. The van der Waals surface area contributed by atoms with Crippen LogP contribution in [0.5, 0.6) is 0 Å². The molecule has 0 saturated carbocycles. The molecule has 1 aromatic heterocycles. The second-order valence-electron chi connectivity index (χ2n) is 8.57. The molecule has 3 rings (SSSR count). The lowest BCUT2D eigenvalue weighted by atomic mass is 10.1. The Morgan fingerprint density at radius 2 is 1.88 bits per heavy atom. The summed E-state index contributed by atoms with van der Waals surface area (Å²) in [7, 11) is -1.13. The zero-order valence-corrected chi connectivity index (χ0v) is 22.0. The number of likely N-dealkylation sites (N-methyl/N-ethyl adjacent to an activating group) is 1. The maximum Gasteiger partial charge on any atom is 0.328 e. The zero-order valence-electron chi connectivity index (χ0n) is 19.7. The Kier molecular flexibility index (Phi) is 8.84. The Bertz CT molecular complexity index is 1100. The molecule has 1 saturated heterocycles. The van der Waals surface area contributed by atoms with Gasteiger partial charge < -0.3 is 9.64 Å². The highest BCUT2D eigenvalue weighted by Gasteiger charge is 2.38. The zero-order chi connectivity index (χ0) is 25.2. The largest absolute Gasteiger partial charge is 0.380 e. The highest BCUT2D eigenvalue weighted by atomic mass is 35.5. The smallest absolute Gasteiger partial charge is 0.328 e. The highest BCUT2D eigenvalue weighted by molar-refractivity contribution is 7.93. The monoisotopic (exact) mass is 538 g/mol. The highest BCUT2D eigenvalue weighted by Crippen LogP contribution is 2.38. The van der Waals surface area contributed by atoms with Crippen molar-refractivity contribution in [2.75, 3.05) is 31.1 Å². The SMILES string of the molecule is Cc1nn(C)c(C)c1N(C(F)F)S(=O)(=O)c1c(Cl)cc(CCCOC[C@@H]2CCCN2C)cc1Cl. The van der Waals surface area contributed by atoms with Gasteiger partial charge in [-0.3, -0.25) is 4.68 Å². The van der Waals surface area contributed by atoms with Gasteiger partial charge in [0, 0.05) is 19.7 Å². The average molecular weight is 539 g/mol. The maximum atomic E-state index is 14.1.